The van der Waals surface area contributed by atoms with Gasteiger partial charge >= 0.3 is 5.97 Å². The third-order valence-electron chi connectivity index (χ3n) is 5.27. The van der Waals surface area contributed by atoms with Gasteiger partial charge in [-0.1, -0.05) is 6.92 Å². The predicted molar refractivity (Wildman–Crippen MR) is 98.4 cm³/mol. The van der Waals surface area contributed by atoms with Gasteiger partial charge in [-0.25, -0.2) is 0 Å². The van der Waals surface area contributed by atoms with Crippen molar-refractivity contribution in [3.8, 4) is 0 Å². The van der Waals surface area contributed by atoms with Crippen molar-refractivity contribution in [1.29, 1.82) is 0 Å². The van der Waals surface area contributed by atoms with E-state index in [1.165, 1.54) is 16.9 Å². The Bertz CT molecular complexity index is 854. The summed E-state index contributed by atoms with van der Waals surface area (Å²) in [6.45, 7) is 4.12. The van der Waals surface area contributed by atoms with Crippen molar-refractivity contribution in [1.82, 2.24) is 14.7 Å². The van der Waals surface area contributed by atoms with Crippen molar-refractivity contribution >= 4 is 23.2 Å². The van der Waals surface area contributed by atoms with Crippen LogP contribution in [-0.4, -0.2) is 38.2 Å². The molecule has 0 aromatic carbocycles. The van der Waals surface area contributed by atoms with E-state index in [0.717, 1.165) is 29.1 Å². The molecule has 0 fully saturated rings. The molecule has 2 aliphatic rings. The molecule has 138 valence electrons. The third kappa shape index (κ3) is 3.40. The number of fused-ring (bicyclic) bond motifs is 2. The summed E-state index contributed by atoms with van der Waals surface area (Å²) in [7, 11) is 0. The summed E-state index contributed by atoms with van der Waals surface area (Å²) in [5.74, 6) is -0.00559. The minimum atomic E-state index is -0.816. The zero-order chi connectivity index (χ0) is 18.3. The zero-order valence-electron chi connectivity index (χ0n) is 14.9. The SMILES string of the molecule is C[C@@H]1CCc2sc(C(=O)N3CCn4nc(CCC(=O)O)cc4C3)cc2C1. The Balaban J connectivity index is 1.46. The van der Waals surface area contributed by atoms with E-state index in [1.54, 1.807) is 11.3 Å². The number of aryl methyl sites for hydroxylation is 2. The lowest BCUT2D eigenvalue weighted by molar-refractivity contribution is -0.136. The molecule has 26 heavy (non-hydrogen) atoms. The van der Waals surface area contributed by atoms with Gasteiger partial charge in [0, 0.05) is 17.8 Å². The lowest BCUT2D eigenvalue weighted by atomic mass is 9.90. The minimum absolute atomic E-state index is 0.0816. The molecule has 0 radical (unpaired) electrons. The van der Waals surface area contributed by atoms with Crippen LogP contribution < -0.4 is 0 Å². The van der Waals surface area contributed by atoms with Crippen LogP contribution in [0.5, 0.6) is 0 Å². The van der Waals surface area contributed by atoms with Crippen molar-refractivity contribution in [2.24, 2.45) is 5.92 Å². The molecule has 0 saturated carbocycles. The van der Waals surface area contributed by atoms with Gasteiger partial charge in [-0.15, -0.1) is 11.3 Å². The topological polar surface area (TPSA) is 75.4 Å². The van der Waals surface area contributed by atoms with Crippen LogP contribution >= 0.6 is 11.3 Å². The highest BCUT2D eigenvalue weighted by molar-refractivity contribution is 7.14. The van der Waals surface area contributed by atoms with Crippen LogP contribution in [0.25, 0.3) is 0 Å². The van der Waals surface area contributed by atoms with Crippen molar-refractivity contribution < 1.29 is 14.7 Å². The fourth-order valence-corrected chi connectivity index (χ4v) is 5.00. The summed E-state index contributed by atoms with van der Waals surface area (Å²) in [4.78, 5) is 27.8. The van der Waals surface area contributed by atoms with Crippen LogP contribution in [0, 0.1) is 5.92 Å². The number of carbonyl (C=O) groups is 2. The predicted octanol–water partition coefficient (Wildman–Crippen LogP) is 2.74. The molecule has 6 nitrogen and oxygen atoms in total. The highest BCUT2D eigenvalue weighted by Gasteiger charge is 2.26. The smallest absolute Gasteiger partial charge is 0.303 e. The van der Waals surface area contributed by atoms with E-state index in [0.29, 0.717) is 32.0 Å². The number of carboxylic acid groups (broad SMARTS) is 1. The standard InChI is InChI=1S/C19H23N3O3S/c1-12-2-4-16-13(8-12)9-17(26-16)19(25)21-6-7-22-15(11-21)10-14(20-22)3-5-18(23)24/h9-10,12H,2-8,11H2,1H3,(H,23,24)/t12-/m1/s1. The summed E-state index contributed by atoms with van der Waals surface area (Å²) in [5, 5.41) is 13.3. The zero-order valence-corrected chi connectivity index (χ0v) is 15.7. The number of hydrogen-bond acceptors (Lipinski definition) is 4. The number of carbonyl (C=O) groups excluding carboxylic acids is 1. The van der Waals surface area contributed by atoms with Crippen molar-refractivity contribution in [2.45, 2.75) is 52.1 Å². The maximum Gasteiger partial charge on any atom is 0.303 e. The molecule has 4 rings (SSSR count). The lowest BCUT2D eigenvalue weighted by Gasteiger charge is -2.27. The summed E-state index contributed by atoms with van der Waals surface area (Å²) in [6, 6.07) is 4.03. The number of carboxylic acids is 1. The van der Waals surface area contributed by atoms with E-state index in [2.05, 4.69) is 18.1 Å². The molecule has 1 atom stereocenters. The molecule has 1 aliphatic carbocycles. The molecule has 0 unspecified atom stereocenters. The second-order valence-corrected chi connectivity index (χ2v) is 8.51. The molecular weight excluding hydrogens is 350 g/mol. The summed E-state index contributed by atoms with van der Waals surface area (Å²) in [6.07, 6.45) is 3.90. The first-order valence-corrected chi connectivity index (χ1v) is 9.99. The number of amides is 1. The Labute approximate surface area is 156 Å². The summed E-state index contributed by atoms with van der Waals surface area (Å²) in [5.41, 5.74) is 3.13. The second kappa shape index (κ2) is 6.87. The van der Waals surface area contributed by atoms with Gasteiger partial charge in [-0.05, 0) is 42.9 Å². The van der Waals surface area contributed by atoms with Crippen molar-refractivity contribution in [2.75, 3.05) is 6.54 Å². The Kier molecular flexibility index (Phi) is 4.56. The van der Waals surface area contributed by atoms with Crippen LogP contribution in [0.1, 0.15) is 51.3 Å². The number of rotatable bonds is 4. The average molecular weight is 373 g/mol. The van der Waals surface area contributed by atoms with Gasteiger partial charge in [0.1, 0.15) is 0 Å². The van der Waals surface area contributed by atoms with Crippen molar-refractivity contribution in [3.05, 3.63) is 38.8 Å². The van der Waals surface area contributed by atoms with Crippen LogP contribution in [0.3, 0.4) is 0 Å². The number of aliphatic carboxylic acids is 1. The first-order valence-electron chi connectivity index (χ1n) is 9.18. The summed E-state index contributed by atoms with van der Waals surface area (Å²) >= 11 is 1.66. The van der Waals surface area contributed by atoms with Crippen LogP contribution in [-0.2, 0) is 37.1 Å². The van der Waals surface area contributed by atoms with Gasteiger partial charge in [0.2, 0.25) is 0 Å². The van der Waals surface area contributed by atoms with E-state index in [4.69, 9.17) is 5.11 Å². The first kappa shape index (κ1) is 17.3. The summed E-state index contributed by atoms with van der Waals surface area (Å²) < 4.78 is 1.90. The molecule has 0 spiro atoms. The van der Waals surface area contributed by atoms with E-state index >= 15 is 0 Å². The lowest BCUT2D eigenvalue weighted by Crippen LogP contribution is -2.38. The van der Waals surface area contributed by atoms with E-state index in [-0.39, 0.29) is 12.3 Å². The molecule has 3 heterocycles. The molecule has 2 aromatic rings. The Hall–Kier alpha value is -2.15. The quantitative estimate of drug-likeness (QED) is 0.894. The van der Waals surface area contributed by atoms with Crippen LogP contribution in [0.15, 0.2) is 12.1 Å². The number of hydrogen-bond donors (Lipinski definition) is 1. The monoisotopic (exact) mass is 373 g/mol. The van der Waals surface area contributed by atoms with Crippen molar-refractivity contribution in [3.63, 3.8) is 0 Å². The highest BCUT2D eigenvalue weighted by atomic mass is 32.1. The molecule has 0 bridgehead atoms. The normalized spacial score (nSPS) is 19.1. The largest absolute Gasteiger partial charge is 0.481 e. The van der Waals surface area contributed by atoms with Crippen LogP contribution in [0.2, 0.25) is 0 Å². The molecule has 0 saturated heterocycles. The maximum absolute atomic E-state index is 13.0. The van der Waals surface area contributed by atoms with E-state index in [1.807, 2.05) is 15.6 Å². The van der Waals surface area contributed by atoms with Crippen LogP contribution in [0.4, 0.5) is 0 Å². The molecule has 1 N–H and O–H groups in total. The van der Waals surface area contributed by atoms with Gasteiger partial charge in [0.25, 0.3) is 5.91 Å². The Morgan fingerprint density at radius 2 is 2.19 bits per heavy atom. The number of nitrogens with zero attached hydrogens (tertiary/aromatic N) is 3. The van der Waals surface area contributed by atoms with Gasteiger partial charge in [-0.3, -0.25) is 14.3 Å². The Morgan fingerprint density at radius 1 is 1.35 bits per heavy atom. The van der Waals surface area contributed by atoms with E-state index < -0.39 is 5.97 Å². The number of thiophene rings is 1. The fourth-order valence-electron chi connectivity index (χ4n) is 3.82. The third-order valence-corrected chi connectivity index (χ3v) is 6.50. The fraction of sp³-hybridized carbons (Fsp3) is 0.526. The molecule has 2 aromatic heterocycles. The van der Waals surface area contributed by atoms with Gasteiger partial charge in [0.05, 0.1) is 35.8 Å². The molecule has 7 heteroatoms. The Morgan fingerprint density at radius 3 is 3.00 bits per heavy atom. The van der Waals surface area contributed by atoms with Gasteiger partial charge in [0.15, 0.2) is 0 Å². The van der Waals surface area contributed by atoms with Gasteiger partial charge in [-0.2, -0.15) is 5.10 Å². The van der Waals surface area contributed by atoms with E-state index in [9.17, 15) is 9.59 Å². The molecule has 1 aliphatic heterocycles. The molecule has 1 amide bonds. The maximum atomic E-state index is 13.0. The number of aromatic nitrogens is 2. The first-order chi connectivity index (χ1) is 12.5. The molecular formula is C19H23N3O3S. The second-order valence-electron chi connectivity index (χ2n) is 7.38. The average Bonchev–Trinajstić information content (AvgIpc) is 3.21. The highest BCUT2D eigenvalue weighted by Crippen LogP contribution is 2.33. The van der Waals surface area contributed by atoms with Gasteiger partial charge < -0.3 is 10.0 Å². The minimum Gasteiger partial charge on any atom is -0.481 e.